The van der Waals surface area contributed by atoms with Gasteiger partial charge in [0.1, 0.15) is 11.0 Å². The van der Waals surface area contributed by atoms with Crippen LogP contribution in [-0.2, 0) is 17.8 Å². The number of fused-ring (bicyclic) bond motifs is 1. The largest absolute Gasteiger partial charge is 0.348 e. The van der Waals surface area contributed by atoms with Crippen molar-refractivity contribution in [2.45, 2.75) is 25.4 Å². The molecule has 0 saturated heterocycles. The number of carbonyl (C=O) groups excluding carboxylic acids is 1. The van der Waals surface area contributed by atoms with E-state index < -0.39 is 0 Å². The first-order valence-corrected chi connectivity index (χ1v) is 6.75. The number of hydrogen-bond acceptors (Lipinski definition) is 3. The fourth-order valence-electron chi connectivity index (χ4n) is 2.14. The second kappa shape index (κ2) is 6.21. The van der Waals surface area contributed by atoms with Crippen molar-refractivity contribution in [1.82, 2.24) is 19.8 Å². The van der Waals surface area contributed by atoms with Gasteiger partial charge in [-0.2, -0.15) is 0 Å². The van der Waals surface area contributed by atoms with E-state index in [2.05, 4.69) is 10.3 Å². The van der Waals surface area contributed by atoms with E-state index in [1.165, 1.54) is 0 Å². The summed E-state index contributed by atoms with van der Waals surface area (Å²) in [7, 11) is 3.93. The molecule has 0 bridgehead atoms. The van der Waals surface area contributed by atoms with Crippen molar-refractivity contribution in [1.29, 1.82) is 0 Å². The maximum atomic E-state index is 11.8. The zero-order valence-corrected chi connectivity index (χ0v) is 12.0. The molecule has 6 heteroatoms. The molecule has 0 radical (unpaired) electrons. The number of rotatable bonds is 4. The first-order valence-electron chi connectivity index (χ1n) is 6.38. The molecule has 0 fully saturated rings. The van der Waals surface area contributed by atoms with Crippen LogP contribution in [0.5, 0.6) is 0 Å². The Labute approximate surface area is 118 Å². The first kappa shape index (κ1) is 14.1. The van der Waals surface area contributed by atoms with Crippen LogP contribution in [0.1, 0.15) is 12.2 Å². The Bertz CT molecular complexity index is 481. The number of imidazole rings is 1. The van der Waals surface area contributed by atoms with E-state index in [0.717, 1.165) is 25.2 Å². The number of hydrogen-bond donors (Lipinski definition) is 1. The molecule has 104 valence electrons. The van der Waals surface area contributed by atoms with E-state index in [-0.39, 0.29) is 11.9 Å². The Morgan fingerprint density at radius 1 is 1.68 bits per heavy atom. The molecule has 19 heavy (non-hydrogen) atoms. The molecule has 1 aliphatic heterocycles. The minimum Gasteiger partial charge on any atom is -0.348 e. The summed E-state index contributed by atoms with van der Waals surface area (Å²) in [6.45, 7) is 1.46. The third kappa shape index (κ3) is 3.81. The molecule has 1 aromatic heterocycles. The van der Waals surface area contributed by atoms with Crippen molar-refractivity contribution < 1.29 is 4.79 Å². The zero-order valence-electron chi connectivity index (χ0n) is 11.3. The molecule has 1 unspecified atom stereocenters. The van der Waals surface area contributed by atoms with Crippen molar-refractivity contribution in [3.05, 3.63) is 29.3 Å². The molecule has 0 saturated carbocycles. The monoisotopic (exact) mass is 282 g/mol. The lowest BCUT2D eigenvalue weighted by Crippen LogP contribution is -2.40. The summed E-state index contributed by atoms with van der Waals surface area (Å²) in [6, 6.07) is 0.121. The highest BCUT2D eigenvalue weighted by atomic mass is 35.5. The Kier molecular flexibility index (Phi) is 4.61. The molecule has 1 atom stereocenters. The quantitative estimate of drug-likeness (QED) is 0.841. The summed E-state index contributed by atoms with van der Waals surface area (Å²) in [6.07, 6.45) is 6.86. The van der Waals surface area contributed by atoms with Gasteiger partial charge in [0.2, 0.25) is 5.91 Å². The van der Waals surface area contributed by atoms with E-state index in [0.29, 0.717) is 11.7 Å². The average Bonchev–Trinajstić information content (AvgIpc) is 2.70. The maximum absolute atomic E-state index is 11.8. The number of halogens is 1. The summed E-state index contributed by atoms with van der Waals surface area (Å²) in [5.41, 5.74) is 0. The number of likely N-dealkylation sites (N-methyl/N-ethyl adjacent to an activating group) is 1. The lowest BCUT2D eigenvalue weighted by Gasteiger charge is -2.24. The highest BCUT2D eigenvalue weighted by Crippen LogP contribution is 2.19. The predicted molar refractivity (Wildman–Crippen MR) is 75.2 cm³/mol. The van der Waals surface area contributed by atoms with Gasteiger partial charge >= 0.3 is 0 Å². The van der Waals surface area contributed by atoms with E-state index in [1.54, 1.807) is 12.3 Å². The molecule has 1 N–H and O–H groups in total. The fourth-order valence-corrected chi connectivity index (χ4v) is 2.35. The number of amides is 1. The number of aromatic nitrogens is 2. The summed E-state index contributed by atoms with van der Waals surface area (Å²) >= 11 is 6.05. The second-order valence-corrected chi connectivity index (χ2v) is 5.40. The molecular weight excluding hydrogens is 264 g/mol. The Hall–Kier alpha value is -1.33. The van der Waals surface area contributed by atoms with Crippen LogP contribution >= 0.6 is 11.6 Å². The summed E-state index contributed by atoms with van der Waals surface area (Å²) in [4.78, 5) is 18.0. The van der Waals surface area contributed by atoms with Gasteiger partial charge in [0, 0.05) is 31.6 Å². The van der Waals surface area contributed by atoms with Gasteiger partial charge in [0.25, 0.3) is 0 Å². The van der Waals surface area contributed by atoms with Gasteiger partial charge < -0.3 is 14.8 Å². The highest BCUT2D eigenvalue weighted by molar-refractivity contribution is 6.29. The Balaban J connectivity index is 1.86. The molecule has 1 aromatic rings. The number of carbonyl (C=O) groups is 1. The predicted octanol–water partition coefficient (Wildman–Crippen LogP) is 1.09. The van der Waals surface area contributed by atoms with Gasteiger partial charge in [0.15, 0.2) is 0 Å². The molecule has 0 aromatic carbocycles. The first-order chi connectivity index (χ1) is 9.06. The zero-order chi connectivity index (χ0) is 13.8. The van der Waals surface area contributed by atoms with Crippen LogP contribution in [-0.4, -0.2) is 47.0 Å². The van der Waals surface area contributed by atoms with Crippen LogP contribution in [0.3, 0.4) is 0 Å². The summed E-state index contributed by atoms with van der Waals surface area (Å²) in [5, 5.41) is 3.64. The standard InChI is InChI=1S/C13H19ClN4O/c1-17(2)7-3-4-13(19)16-10-5-6-12-15-8-11(14)18(12)9-10/h3-4,8,10H,5-7,9H2,1-2H3,(H,16,19)/b4-3+. The van der Waals surface area contributed by atoms with Gasteiger partial charge in [-0.1, -0.05) is 17.7 Å². The minimum atomic E-state index is -0.0495. The smallest absolute Gasteiger partial charge is 0.243 e. The van der Waals surface area contributed by atoms with E-state index in [9.17, 15) is 4.79 Å². The average molecular weight is 283 g/mol. The van der Waals surface area contributed by atoms with Crippen LogP contribution in [0.2, 0.25) is 5.15 Å². The normalized spacial score (nSPS) is 18.8. The molecule has 1 amide bonds. The van der Waals surface area contributed by atoms with Crippen molar-refractivity contribution in [2.24, 2.45) is 0 Å². The van der Waals surface area contributed by atoms with Crippen LogP contribution in [0.25, 0.3) is 0 Å². The molecule has 1 aliphatic rings. The van der Waals surface area contributed by atoms with Crippen molar-refractivity contribution in [3.63, 3.8) is 0 Å². The third-order valence-corrected chi connectivity index (χ3v) is 3.40. The number of nitrogens with one attached hydrogen (secondary N) is 1. The molecule has 0 aliphatic carbocycles. The molecule has 5 nitrogen and oxygen atoms in total. The molecule has 2 heterocycles. The SMILES string of the molecule is CN(C)C/C=C/C(=O)NC1CCc2ncc(Cl)n2C1. The van der Waals surface area contributed by atoms with E-state index in [4.69, 9.17) is 11.6 Å². The van der Waals surface area contributed by atoms with Gasteiger partial charge in [-0.25, -0.2) is 4.98 Å². The topological polar surface area (TPSA) is 50.2 Å². The van der Waals surface area contributed by atoms with E-state index in [1.807, 2.05) is 29.6 Å². The summed E-state index contributed by atoms with van der Waals surface area (Å²) in [5.74, 6) is 0.949. The maximum Gasteiger partial charge on any atom is 0.243 e. The van der Waals surface area contributed by atoms with Crippen molar-refractivity contribution >= 4 is 17.5 Å². The lowest BCUT2D eigenvalue weighted by atomic mass is 10.1. The highest BCUT2D eigenvalue weighted by Gasteiger charge is 2.21. The van der Waals surface area contributed by atoms with E-state index >= 15 is 0 Å². The van der Waals surface area contributed by atoms with Gasteiger partial charge in [0.05, 0.1) is 6.20 Å². The van der Waals surface area contributed by atoms with Crippen LogP contribution < -0.4 is 5.32 Å². The lowest BCUT2D eigenvalue weighted by molar-refractivity contribution is -0.117. The second-order valence-electron chi connectivity index (χ2n) is 5.02. The van der Waals surface area contributed by atoms with Crippen molar-refractivity contribution in [3.8, 4) is 0 Å². The summed E-state index contributed by atoms with van der Waals surface area (Å²) < 4.78 is 1.96. The van der Waals surface area contributed by atoms with Gasteiger partial charge in [-0.05, 0) is 20.5 Å². The van der Waals surface area contributed by atoms with Crippen LogP contribution in [0.4, 0.5) is 0 Å². The Morgan fingerprint density at radius 3 is 3.21 bits per heavy atom. The molecule has 0 spiro atoms. The van der Waals surface area contributed by atoms with Crippen LogP contribution in [0, 0.1) is 0 Å². The van der Waals surface area contributed by atoms with Gasteiger partial charge in [-0.15, -0.1) is 0 Å². The molecule has 2 rings (SSSR count). The molecular formula is C13H19ClN4O. The Morgan fingerprint density at radius 2 is 2.47 bits per heavy atom. The van der Waals surface area contributed by atoms with Crippen molar-refractivity contribution in [2.75, 3.05) is 20.6 Å². The fraction of sp³-hybridized carbons (Fsp3) is 0.538. The number of aryl methyl sites for hydroxylation is 1. The van der Waals surface area contributed by atoms with Crippen LogP contribution in [0.15, 0.2) is 18.3 Å². The number of nitrogens with zero attached hydrogens (tertiary/aromatic N) is 3. The minimum absolute atomic E-state index is 0.0495. The third-order valence-electron chi connectivity index (χ3n) is 3.10. The van der Waals surface area contributed by atoms with Gasteiger partial charge in [-0.3, -0.25) is 4.79 Å².